The Morgan fingerprint density at radius 3 is 1.43 bits per heavy atom. The van der Waals surface area contributed by atoms with Crippen LogP contribution in [0.3, 0.4) is 0 Å². The fourth-order valence-electron chi connectivity index (χ4n) is 7.58. The molecule has 0 saturated carbocycles. The van der Waals surface area contributed by atoms with Crippen LogP contribution in [0, 0.1) is 0 Å². The van der Waals surface area contributed by atoms with Gasteiger partial charge in [0.05, 0.1) is 0 Å². The third-order valence-electron chi connectivity index (χ3n) is 9.83. The Balaban J connectivity index is 1.31. The lowest BCUT2D eigenvalue weighted by molar-refractivity contribution is 0.669. The first kappa shape index (κ1) is 26.1. The van der Waals surface area contributed by atoms with Gasteiger partial charge in [-0.3, -0.25) is 0 Å². The summed E-state index contributed by atoms with van der Waals surface area (Å²) >= 11 is 0. The molecule has 1 aromatic heterocycles. The molecule has 0 aliphatic rings. The van der Waals surface area contributed by atoms with E-state index in [-0.39, 0.29) is 0 Å². The number of benzene rings is 9. The van der Waals surface area contributed by atoms with Crippen molar-refractivity contribution in [1.82, 2.24) is 0 Å². The van der Waals surface area contributed by atoms with Crippen molar-refractivity contribution in [2.45, 2.75) is 0 Å². The van der Waals surface area contributed by atoms with E-state index in [0.717, 1.165) is 21.9 Å². The highest BCUT2D eigenvalue weighted by atomic mass is 16.3. The molecule has 1 heterocycles. The molecule has 0 aliphatic carbocycles. The zero-order chi connectivity index (χ0) is 30.9. The van der Waals surface area contributed by atoms with Gasteiger partial charge in [-0.2, -0.15) is 0 Å². The quantitative estimate of drug-likeness (QED) is 0.185. The third kappa shape index (κ3) is 4.10. The standard InChI is InChI=1S/C46H28O/c1-3-11-31-25-33(21-19-29(31)9-1)36-14-7-16-39-41(36)28-42-37(34-22-20-30-10-2-4-12-32(30)26-34)15-8-17-40(42)46(39)35-23-24-45-43(27-35)38-13-5-6-18-44(38)47-45/h1-28H. The highest BCUT2D eigenvalue weighted by Crippen LogP contribution is 2.44. The summed E-state index contributed by atoms with van der Waals surface area (Å²) in [5.41, 5.74) is 9.17. The van der Waals surface area contributed by atoms with E-state index in [4.69, 9.17) is 4.42 Å². The number of para-hydroxylation sites is 1. The maximum Gasteiger partial charge on any atom is 0.135 e. The van der Waals surface area contributed by atoms with Crippen molar-refractivity contribution in [3.63, 3.8) is 0 Å². The van der Waals surface area contributed by atoms with Crippen LogP contribution in [0.25, 0.3) is 98.4 Å². The molecule has 218 valence electrons. The maximum absolute atomic E-state index is 6.24. The van der Waals surface area contributed by atoms with Crippen LogP contribution < -0.4 is 0 Å². The summed E-state index contributed by atoms with van der Waals surface area (Å²) in [4.78, 5) is 0. The van der Waals surface area contributed by atoms with Crippen molar-refractivity contribution in [3.8, 4) is 33.4 Å². The largest absolute Gasteiger partial charge is 0.456 e. The molecule has 9 aromatic carbocycles. The number of rotatable bonds is 3. The normalized spacial score (nSPS) is 11.8. The number of hydrogen-bond acceptors (Lipinski definition) is 1. The van der Waals surface area contributed by atoms with E-state index in [1.54, 1.807) is 0 Å². The van der Waals surface area contributed by atoms with Crippen LogP contribution >= 0.6 is 0 Å². The molecule has 10 aromatic rings. The van der Waals surface area contributed by atoms with Gasteiger partial charge < -0.3 is 4.42 Å². The zero-order valence-electron chi connectivity index (χ0n) is 25.6. The van der Waals surface area contributed by atoms with Crippen molar-refractivity contribution in [2.24, 2.45) is 0 Å². The average Bonchev–Trinajstić information content (AvgIpc) is 3.51. The van der Waals surface area contributed by atoms with Gasteiger partial charge in [0, 0.05) is 10.8 Å². The Kier molecular flexibility index (Phi) is 5.64. The fraction of sp³-hybridized carbons (Fsp3) is 0. The second-order valence-corrected chi connectivity index (χ2v) is 12.5. The van der Waals surface area contributed by atoms with Gasteiger partial charge >= 0.3 is 0 Å². The molecule has 0 atom stereocenters. The molecule has 0 spiro atoms. The fourth-order valence-corrected chi connectivity index (χ4v) is 7.58. The number of fused-ring (bicyclic) bond motifs is 7. The maximum atomic E-state index is 6.24. The Morgan fingerprint density at radius 2 is 0.787 bits per heavy atom. The van der Waals surface area contributed by atoms with Gasteiger partial charge in [0.1, 0.15) is 11.2 Å². The molecular formula is C46H28O. The van der Waals surface area contributed by atoms with Crippen molar-refractivity contribution < 1.29 is 4.42 Å². The number of hydrogen-bond donors (Lipinski definition) is 0. The molecule has 0 amide bonds. The highest BCUT2D eigenvalue weighted by Gasteiger charge is 2.18. The third-order valence-corrected chi connectivity index (χ3v) is 9.83. The van der Waals surface area contributed by atoms with E-state index in [1.165, 1.54) is 76.5 Å². The second kappa shape index (κ2) is 10.2. The molecule has 0 fully saturated rings. The molecule has 10 rings (SSSR count). The lowest BCUT2D eigenvalue weighted by Gasteiger charge is -2.18. The van der Waals surface area contributed by atoms with Crippen LogP contribution in [0.1, 0.15) is 0 Å². The highest BCUT2D eigenvalue weighted by molar-refractivity contribution is 6.20. The van der Waals surface area contributed by atoms with Gasteiger partial charge in [0.2, 0.25) is 0 Å². The molecule has 0 unspecified atom stereocenters. The van der Waals surface area contributed by atoms with Gasteiger partial charge in [0.25, 0.3) is 0 Å². The molecule has 1 nitrogen and oxygen atoms in total. The zero-order valence-corrected chi connectivity index (χ0v) is 25.6. The first-order valence-electron chi connectivity index (χ1n) is 16.2. The van der Waals surface area contributed by atoms with Crippen LogP contribution in [0.15, 0.2) is 174 Å². The van der Waals surface area contributed by atoms with E-state index in [2.05, 4.69) is 158 Å². The molecule has 47 heavy (non-hydrogen) atoms. The van der Waals surface area contributed by atoms with Gasteiger partial charge in [-0.25, -0.2) is 0 Å². The molecular weight excluding hydrogens is 569 g/mol. The minimum Gasteiger partial charge on any atom is -0.456 e. The average molecular weight is 597 g/mol. The Morgan fingerprint density at radius 1 is 0.277 bits per heavy atom. The molecule has 0 saturated heterocycles. The monoisotopic (exact) mass is 596 g/mol. The smallest absolute Gasteiger partial charge is 0.135 e. The van der Waals surface area contributed by atoms with Gasteiger partial charge in [0.15, 0.2) is 0 Å². The minimum atomic E-state index is 0.910. The lowest BCUT2D eigenvalue weighted by Crippen LogP contribution is -1.91. The minimum absolute atomic E-state index is 0.910. The van der Waals surface area contributed by atoms with E-state index in [9.17, 15) is 0 Å². The lowest BCUT2D eigenvalue weighted by atomic mass is 9.85. The van der Waals surface area contributed by atoms with Crippen LogP contribution in [0.2, 0.25) is 0 Å². The van der Waals surface area contributed by atoms with Crippen molar-refractivity contribution in [2.75, 3.05) is 0 Å². The predicted octanol–water partition coefficient (Wildman–Crippen LogP) is 13.2. The van der Waals surface area contributed by atoms with Crippen molar-refractivity contribution in [3.05, 3.63) is 170 Å². The van der Waals surface area contributed by atoms with E-state index >= 15 is 0 Å². The first-order valence-corrected chi connectivity index (χ1v) is 16.2. The Labute approximate surface area is 271 Å². The first-order chi connectivity index (χ1) is 23.3. The van der Waals surface area contributed by atoms with E-state index in [0.29, 0.717) is 0 Å². The topological polar surface area (TPSA) is 13.1 Å². The van der Waals surface area contributed by atoms with E-state index in [1.807, 2.05) is 12.1 Å². The Bertz CT molecular complexity index is 2710. The predicted molar refractivity (Wildman–Crippen MR) is 200 cm³/mol. The van der Waals surface area contributed by atoms with Crippen molar-refractivity contribution >= 4 is 65.0 Å². The summed E-state index contributed by atoms with van der Waals surface area (Å²) in [7, 11) is 0. The van der Waals surface area contributed by atoms with E-state index < -0.39 is 0 Å². The summed E-state index contributed by atoms with van der Waals surface area (Å²) in [6, 6.07) is 61.8. The summed E-state index contributed by atoms with van der Waals surface area (Å²) < 4.78 is 6.24. The molecule has 0 radical (unpaired) electrons. The van der Waals surface area contributed by atoms with Gasteiger partial charge in [-0.15, -0.1) is 0 Å². The van der Waals surface area contributed by atoms with Crippen LogP contribution in [0.4, 0.5) is 0 Å². The van der Waals surface area contributed by atoms with Crippen molar-refractivity contribution in [1.29, 1.82) is 0 Å². The SMILES string of the molecule is c1ccc2cc(-c3cccc4c(-c5ccc6oc7ccccc7c6c5)c5cccc(-c6ccc7ccccc7c6)c5cc34)ccc2c1. The van der Waals surface area contributed by atoms with Crippen LogP contribution in [-0.2, 0) is 0 Å². The summed E-state index contributed by atoms with van der Waals surface area (Å²) in [6.07, 6.45) is 0. The molecule has 1 heteroatoms. The van der Waals surface area contributed by atoms with Crippen LogP contribution in [-0.4, -0.2) is 0 Å². The number of furan rings is 1. The second-order valence-electron chi connectivity index (χ2n) is 12.5. The molecule has 0 aliphatic heterocycles. The van der Waals surface area contributed by atoms with Gasteiger partial charge in [-0.05, 0) is 113 Å². The summed E-state index contributed by atoms with van der Waals surface area (Å²) in [5, 5.41) is 12.3. The summed E-state index contributed by atoms with van der Waals surface area (Å²) in [5.74, 6) is 0. The van der Waals surface area contributed by atoms with Gasteiger partial charge in [-0.1, -0.05) is 133 Å². The van der Waals surface area contributed by atoms with Crippen LogP contribution in [0.5, 0.6) is 0 Å². The Hall–Kier alpha value is -6.18. The molecule has 0 bridgehead atoms. The molecule has 0 N–H and O–H groups in total. The summed E-state index contributed by atoms with van der Waals surface area (Å²) in [6.45, 7) is 0.